The summed E-state index contributed by atoms with van der Waals surface area (Å²) in [6.07, 6.45) is 5.66. The fourth-order valence-electron chi connectivity index (χ4n) is 4.43. The fourth-order valence-corrected chi connectivity index (χ4v) is 5.48. The van der Waals surface area contributed by atoms with Crippen molar-refractivity contribution >= 4 is 34.9 Å². The summed E-state index contributed by atoms with van der Waals surface area (Å²) in [5.41, 5.74) is 1.92. The molecule has 1 aromatic heterocycles. The molecule has 1 saturated carbocycles. The van der Waals surface area contributed by atoms with Crippen molar-refractivity contribution in [3.63, 3.8) is 0 Å². The number of benzene rings is 2. The topological polar surface area (TPSA) is 91.8 Å². The van der Waals surface area contributed by atoms with Crippen molar-refractivity contribution in [2.45, 2.75) is 50.6 Å². The largest absolute Gasteiger partial charge is 0.507 e. The Bertz CT molecular complexity index is 1300. The van der Waals surface area contributed by atoms with Gasteiger partial charge in [0.1, 0.15) is 23.2 Å². The van der Waals surface area contributed by atoms with E-state index in [0.29, 0.717) is 34.2 Å². The van der Waals surface area contributed by atoms with E-state index >= 15 is 0 Å². The molecule has 2 N–H and O–H groups in total. The summed E-state index contributed by atoms with van der Waals surface area (Å²) in [5.74, 6) is -0.966. The molecule has 0 bridgehead atoms. The van der Waals surface area contributed by atoms with Crippen molar-refractivity contribution in [3.8, 4) is 16.3 Å². The first-order valence-corrected chi connectivity index (χ1v) is 13.6. The molecule has 6 rings (SSSR count). The molecule has 0 unspecified atom stereocenters. The average Bonchev–Trinajstić information content (AvgIpc) is 3.52. The van der Waals surface area contributed by atoms with Gasteiger partial charge in [-0.05, 0) is 61.9 Å². The highest BCUT2D eigenvalue weighted by molar-refractivity contribution is 7.13. The molecule has 2 aromatic carbocycles. The number of fused-ring (bicyclic) bond motifs is 1. The van der Waals surface area contributed by atoms with Gasteiger partial charge in [0.2, 0.25) is 0 Å². The van der Waals surface area contributed by atoms with Crippen LogP contribution >= 0.6 is 22.9 Å². The maximum Gasteiger partial charge on any atom is 0.410 e. The van der Waals surface area contributed by atoms with Gasteiger partial charge in [-0.25, -0.2) is 14.2 Å². The second-order valence-corrected chi connectivity index (χ2v) is 10.7. The lowest BCUT2D eigenvalue weighted by atomic mass is 10.0. The van der Waals surface area contributed by atoms with Gasteiger partial charge in [0, 0.05) is 29.4 Å². The number of phenolic OH excluding ortho intramolecular Hbond substituents is 1. The van der Waals surface area contributed by atoms with E-state index in [1.54, 1.807) is 24.3 Å². The molecular weight excluding hydrogens is 517 g/mol. The monoisotopic (exact) mass is 543 g/mol. The van der Waals surface area contributed by atoms with Gasteiger partial charge in [0.05, 0.1) is 22.9 Å². The van der Waals surface area contributed by atoms with Gasteiger partial charge in [0.25, 0.3) is 5.91 Å². The van der Waals surface area contributed by atoms with Gasteiger partial charge in [0.15, 0.2) is 0 Å². The van der Waals surface area contributed by atoms with Crippen molar-refractivity contribution in [2.75, 3.05) is 13.2 Å². The zero-order valence-electron chi connectivity index (χ0n) is 20.1. The van der Waals surface area contributed by atoms with Crippen molar-refractivity contribution in [1.82, 2.24) is 15.2 Å². The number of aromatic hydroxyl groups is 1. The number of cyclic esters (lactones) is 1. The summed E-state index contributed by atoms with van der Waals surface area (Å²) in [7, 11) is 0. The van der Waals surface area contributed by atoms with Gasteiger partial charge < -0.3 is 20.1 Å². The zero-order chi connectivity index (χ0) is 25.9. The molecule has 10 heteroatoms. The average molecular weight is 544 g/mol. The van der Waals surface area contributed by atoms with Gasteiger partial charge >= 0.3 is 6.09 Å². The molecule has 2 aliphatic heterocycles. The van der Waals surface area contributed by atoms with E-state index in [1.807, 2.05) is 10.3 Å². The first kappa shape index (κ1) is 25.5. The lowest BCUT2D eigenvalue weighted by molar-refractivity contribution is 0.0946. The van der Waals surface area contributed by atoms with Gasteiger partial charge in [-0.2, -0.15) is 0 Å². The van der Waals surface area contributed by atoms with E-state index in [-0.39, 0.29) is 24.0 Å². The number of hydrogen-bond donors (Lipinski definition) is 2. The summed E-state index contributed by atoms with van der Waals surface area (Å²) in [4.78, 5) is 29.6. The smallest absolute Gasteiger partial charge is 0.410 e. The number of nitrogens with one attached hydrogen (secondary N) is 1. The Morgan fingerprint density at radius 3 is 2.73 bits per heavy atom. The van der Waals surface area contributed by atoms with Crippen molar-refractivity contribution < 1.29 is 23.8 Å². The number of aromatic nitrogens is 1. The van der Waals surface area contributed by atoms with Crippen LogP contribution in [0.2, 0.25) is 5.02 Å². The van der Waals surface area contributed by atoms with Crippen molar-refractivity contribution in [1.29, 1.82) is 0 Å². The van der Waals surface area contributed by atoms with E-state index in [1.165, 1.54) is 23.8 Å². The molecule has 1 aliphatic carbocycles. The molecule has 1 atom stereocenters. The number of piperidine rings is 1. The summed E-state index contributed by atoms with van der Waals surface area (Å²) in [6.45, 7) is 1.76. The third-order valence-electron chi connectivity index (χ3n) is 6.71. The van der Waals surface area contributed by atoms with Crippen LogP contribution < -0.4 is 5.32 Å². The van der Waals surface area contributed by atoms with E-state index in [4.69, 9.17) is 16.3 Å². The minimum absolute atomic E-state index is 0.107. The molecule has 194 valence electrons. The molecule has 3 heterocycles. The molecular formula is C27H27ClFN3O4S. The van der Waals surface area contributed by atoms with Crippen LogP contribution in [0.1, 0.15) is 59.6 Å². The van der Waals surface area contributed by atoms with Gasteiger partial charge in [-0.1, -0.05) is 23.7 Å². The Balaban J connectivity index is 0.000000233. The fraction of sp³-hybridized carbons (Fsp3) is 0.370. The molecule has 2 amide bonds. The lowest BCUT2D eigenvalue weighted by Crippen LogP contribution is -2.37. The Kier molecular flexibility index (Phi) is 7.62. The Labute approximate surface area is 223 Å². The van der Waals surface area contributed by atoms with Crippen molar-refractivity contribution in [3.05, 3.63) is 69.4 Å². The molecule has 7 nitrogen and oxygen atoms in total. The molecule has 3 fully saturated rings. The lowest BCUT2D eigenvalue weighted by Gasteiger charge is -2.25. The predicted octanol–water partition coefficient (Wildman–Crippen LogP) is 6.11. The summed E-state index contributed by atoms with van der Waals surface area (Å²) in [6, 6.07) is 9.71. The van der Waals surface area contributed by atoms with Crippen molar-refractivity contribution in [2.24, 2.45) is 0 Å². The normalized spacial score (nSPS) is 18.5. The zero-order valence-corrected chi connectivity index (χ0v) is 21.7. The van der Waals surface area contributed by atoms with Crippen LogP contribution in [0.3, 0.4) is 0 Å². The van der Waals surface area contributed by atoms with E-state index in [0.717, 1.165) is 49.6 Å². The third kappa shape index (κ3) is 6.05. The van der Waals surface area contributed by atoms with Gasteiger partial charge in [-0.3, -0.25) is 4.79 Å². The number of carbonyl (C=O) groups is 2. The van der Waals surface area contributed by atoms with Crippen LogP contribution in [-0.2, 0) is 11.3 Å². The second-order valence-electron chi connectivity index (χ2n) is 9.43. The van der Waals surface area contributed by atoms with Gasteiger partial charge in [-0.15, -0.1) is 11.3 Å². The van der Waals surface area contributed by atoms with Crippen LogP contribution in [0.25, 0.3) is 10.6 Å². The Morgan fingerprint density at radius 1 is 1.22 bits per heavy atom. The van der Waals surface area contributed by atoms with Crippen LogP contribution in [-0.4, -0.2) is 46.2 Å². The number of amides is 2. The minimum Gasteiger partial charge on any atom is -0.507 e. The third-order valence-corrected chi connectivity index (χ3v) is 7.85. The van der Waals surface area contributed by atoms with Crippen LogP contribution in [0.4, 0.5) is 9.18 Å². The number of halogens is 2. The van der Waals surface area contributed by atoms with Crippen LogP contribution in [0.5, 0.6) is 5.75 Å². The van der Waals surface area contributed by atoms with E-state index in [9.17, 15) is 19.1 Å². The van der Waals surface area contributed by atoms with Crippen LogP contribution in [0.15, 0.2) is 41.8 Å². The summed E-state index contributed by atoms with van der Waals surface area (Å²) in [5, 5.41) is 16.0. The highest BCUT2D eigenvalue weighted by Crippen LogP contribution is 2.42. The maximum absolute atomic E-state index is 14.5. The highest BCUT2D eigenvalue weighted by atomic mass is 35.5. The van der Waals surface area contributed by atoms with Crippen LogP contribution in [0, 0.1) is 5.82 Å². The number of phenols is 1. The number of thiazole rings is 1. The molecule has 37 heavy (non-hydrogen) atoms. The molecule has 0 spiro atoms. The Hall–Kier alpha value is -3.17. The minimum atomic E-state index is -0.695. The molecule has 3 aliphatic rings. The standard InChI is InChI=1S/C20H16ClFN2O2S.C7H11NO2/c21-13-5-1-11(2-6-13)9-23-19(26)14-8-18(25)15(7-16(14)22)20-24-17(10-27-20)12-3-4-12;9-7-8-4-2-1-3-6(8)5-10-7/h1-2,5-8,10,12,25H,3-4,9H2,(H,23,26);6H,1-5H2/t;6-/m.0/s1. The number of ether oxygens (including phenoxy) is 1. The molecule has 3 aromatic rings. The summed E-state index contributed by atoms with van der Waals surface area (Å²) >= 11 is 7.19. The second kappa shape index (κ2) is 11.1. The Morgan fingerprint density at radius 2 is 2.00 bits per heavy atom. The number of nitrogens with zero attached hydrogens (tertiary/aromatic N) is 2. The summed E-state index contributed by atoms with van der Waals surface area (Å²) < 4.78 is 19.4. The SMILES string of the molecule is O=C(NCc1ccc(Cl)cc1)c1cc(O)c(-c2nc(C3CC3)cs2)cc1F.O=C1OC[C@@H]2CCCCN12. The maximum atomic E-state index is 14.5. The van der Waals surface area contributed by atoms with E-state index in [2.05, 4.69) is 10.3 Å². The quantitative estimate of drug-likeness (QED) is 0.405. The number of hydrogen-bond acceptors (Lipinski definition) is 6. The molecule has 2 saturated heterocycles. The predicted molar refractivity (Wildman–Crippen MR) is 139 cm³/mol. The first-order valence-electron chi connectivity index (χ1n) is 12.3. The number of rotatable bonds is 5. The molecule has 0 radical (unpaired) electrons. The first-order chi connectivity index (χ1) is 17.9. The number of carbonyl (C=O) groups excluding carboxylic acids is 2. The van der Waals surface area contributed by atoms with E-state index < -0.39 is 11.7 Å². The highest BCUT2D eigenvalue weighted by Gasteiger charge is 2.34.